The maximum absolute atomic E-state index is 13.6. The Labute approximate surface area is 205 Å². The van der Waals surface area contributed by atoms with Crippen LogP contribution in [0.3, 0.4) is 0 Å². The molecule has 0 saturated carbocycles. The van der Waals surface area contributed by atoms with E-state index in [0.29, 0.717) is 26.3 Å². The van der Waals surface area contributed by atoms with Crippen LogP contribution in [0, 0.1) is 13.8 Å². The number of pyridine rings is 1. The van der Waals surface area contributed by atoms with Crippen molar-refractivity contribution in [3.8, 4) is 0 Å². The van der Waals surface area contributed by atoms with E-state index in [1.165, 1.54) is 5.56 Å². The van der Waals surface area contributed by atoms with E-state index in [1.807, 2.05) is 49.6 Å². The summed E-state index contributed by atoms with van der Waals surface area (Å²) in [7, 11) is 0. The molecule has 0 aliphatic carbocycles. The summed E-state index contributed by atoms with van der Waals surface area (Å²) in [6, 6.07) is 14.8. The number of hydrogen-bond donors (Lipinski definition) is 1. The van der Waals surface area contributed by atoms with Gasteiger partial charge in [-0.1, -0.05) is 68.3 Å². The number of nitrogens with one attached hydrogen (secondary N) is 1. The molecule has 166 valence electrons. The third kappa shape index (κ3) is 5.50. The van der Waals surface area contributed by atoms with Gasteiger partial charge >= 0.3 is 0 Å². The van der Waals surface area contributed by atoms with Crippen molar-refractivity contribution in [2.75, 3.05) is 5.32 Å². The Morgan fingerprint density at radius 2 is 1.56 bits per heavy atom. The summed E-state index contributed by atoms with van der Waals surface area (Å²) in [5, 5.41) is 17.5. The largest absolute Gasteiger partial charge is 0.867 e. The van der Waals surface area contributed by atoms with E-state index >= 15 is 0 Å². The molecule has 0 atom stereocenters. The molecular formula is C26H26Cl2N2OS. The van der Waals surface area contributed by atoms with Crippen molar-refractivity contribution in [1.29, 1.82) is 0 Å². The van der Waals surface area contributed by atoms with Gasteiger partial charge in [0.05, 0.1) is 10.0 Å². The van der Waals surface area contributed by atoms with E-state index in [9.17, 15) is 5.11 Å². The highest BCUT2D eigenvalue weighted by Crippen LogP contribution is 2.27. The molecule has 3 nitrogen and oxygen atoms in total. The van der Waals surface area contributed by atoms with Crippen LogP contribution in [0.4, 0.5) is 5.69 Å². The Hall–Kier alpha value is -2.40. The van der Waals surface area contributed by atoms with E-state index in [-0.39, 0.29) is 11.2 Å². The number of thiocarbonyl (C=S) groups is 1. The van der Waals surface area contributed by atoms with Gasteiger partial charge in [0.25, 0.3) is 0 Å². The minimum atomic E-state index is -0.251. The van der Waals surface area contributed by atoms with Crippen LogP contribution < -0.4 is 15.0 Å². The van der Waals surface area contributed by atoms with Crippen LogP contribution in [-0.4, -0.2) is 4.99 Å². The minimum Gasteiger partial charge on any atom is -0.867 e. The van der Waals surface area contributed by atoms with Crippen molar-refractivity contribution < 1.29 is 9.67 Å². The number of hydrogen-bond acceptors (Lipinski definition) is 2. The summed E-state index contributed by atoms with van der Waals surface area (Å²) in [4.78, 5) is 0.317. The van der Waals surface area contributed by atoms with Gasteiger partial charge in [0.1, 0.15) is 0 Å². The maximum Gasteiger partial charge on any atom is 0.238 e. The fraction of sp³-hybridized carbons (Fsp3) is 0.231. The zero-order chi connectivity index (χ0) is 23.6. The number of aryl methyl sites for hydroxylation is 2. The first-order chi connectivity index (χ1) is 15.0. The fourth-order valence-electron chi connectivity index (χ4n) is 3.20. The van der Waals surface area contributed by atoms with Crippen molar-refractivity contribution in [3.05, 3.63) is 93.2 Å². The Bertz CT molecular complexity index is 1200. The normalized spacial score (nSPS) is 12.3. The van der Waals surface area contributed by atoms with E-state index < -0.39 is 0 Å². The van der Waals surface area contributed by atoms with Crippen LogP contribution in [-0.2, 0) is 5.41 Å². The van der Waals surface area contributed by atoms with Crippen LogP contribution in [0.1, 0.15) is 43.0 Å². The first-order valence-electron chi connectivity index (χ1n) is 10.2. The lowest BCUT2D eigenvalue weighted by Crippen LogP contribution is -2.40. The van der Waals surface area contributed by atoms with Crippen LogP contribution in [0.5, 0.6) is 0 Å². The van der Waals surface area contributed by atoms with Crippen LogP contribution in [0.2, 0.25) is 10.0 Å². The summed E-state index contributed by atoms with van der Waals surface area (Å²) >= 11 is 17.9. The molecule has 0 radical (unpaired) electrons. The third-order valence-corrected chi connectivity index (χ3v) is 6.36. The first-order valence-corrected chi connectivity index (χ1v) is 11.4. The molecule has 1 aromatic heterocycles. The van der Waals surface area contributed by atoms with Gasteiger partial charge < -0.3 is 10.4 Å². The molecule has 0 aliphatic rings. The Morgan fingerprint density at radius 3 is 2.12 bits per heavy atom. The van der Waals surface area contributed by atoms with Crippen LogP contribution in [0.25, 0.3) is 11.5 Å². The van der Waals surface area contributed by atoms with Gasteiger partial charge in [0.2, 0.25) is 5.70 Å². The Balaban J connectivity index is 2.10. The fourth-order valence-corrected chi connectivity index (χ4v) is 3.81. The SMILES string of the molecule is Cc1ccc(NC(=S)/C(=C(\[O-])c2ccc(Cl)c(Cl)c2)[n+]2ccc(C(C)(C)C)cc2)cc1C. The monoisotopic (exact) mass is 484 g/mol. The molecule has 6 heteroatoms. The lowest BCUT2D eigenvalue weighted by atomic mass is 9.88. The second-order valence-corrected chi connectivity index (χ2v) is 10.0. The van der Waals surface area contributed by atoms with Crippen molar-refractivity contribution in [2.45, 2.75) is 40.0 Å². The number of aromatic nitrogens is 1. The van der Waals surface area contributed by atoms with Crippen molar-refractivity contribution in [2.24, 2.45) is 0 Å². The molecule has 0 fully saturated rings. The van der Waals surface area contributed by atoms with E-state index in [0.717, 1.165) is 16.8 Å². The highest BCUT2D eigenvalue weighted by atomic mass is 35.5. The molecular weight excluding hydrogens is 459 g/mol. The second-order valence-electron chi connectivity index (χ2n) is 8.80. The van der Waals surface area contributed by atoms with Crippen molar-refractivity contribution in [3.63, 3.8) is 0 Å². The van der Waals surface area contributed by atoms with Crippen LogP contribution >= 0.6 is 35.4 Å². The summed E-state index contributed by atoms with van der Waals surface area (Å²) in [6.45, 7) is 10.5. The average Bonchev–Trinajstić information content (AvgIpc) is 2.72. The zero-order valence-corrected chi connectivity index (χ0v) is 21.1. The number of anilines is 1. The summed E-state index contributed by atoms with van der Waals surface area (Å²) in [5.41, 5.74) is 5.03. The number of halogens is 2. The molecule has 1 heterocycles. The van der Waals surface area contributed by atoms with Crippen molar-refractivity contribution >= 4 is 57.6 Å². The lowest BCUT2D eigenvalue weighted by Gasteiger charge is -2.20. The zero-order valence-electron chi connectivity index (χ0n) is 18.8. The quantitative estimate of drug-likeness (QED) is 0.203. The van der Waals surface area contributed by atoms with Gasteiger partial charge in [-0.2, -0.15) is 4.57 Å². The standard InChI is InChI=1S/C26H26Cl2N2OS/c1-16-6-8-20(14-17(16)2)29-25(32)23(24(31)18-7-9-21(27)22(28)15-18)30-12-10-19(11-13-30)26(3,4)5/h6-15H,1-5H3,(H-,29,31,32). The Kier molecular flexibility index (Phi) is 7.29. The molecule has 1 N–H and O–H groups in total. The van der Waals surface area contributed by atoms with Crippen LogP contribution in [0.15, 0.2) is 60.9 Å². The molecule has 0 unspecified atom stereocenters. The minimum absolute atomic E-state index is 0.00878. The molecule has 2 aromatic carbocycles. The molecule has 0 bridgehead atoms. The van der Waals surface area contributed by atoms with E-state index in [1.54, 1.807) is 22.8 Å². The van der Waals surface area contributed by atoms with Gasteiger partial charge in [-0.3, -0.25) is 0 Å². The molecule has 0 spiro atoms. The average molecular weight is 485 g/mol. The molecule has 32 heavy (non-hydrogen) atoms. The van der Waals surface area contributed by atoms with Gasteiger partial charge in [-0.25, -0.2) is 0 Å². The smallest absolute Gasteiger partial charge is 0.238 e. The topological polar surface area (TPSA) is 39.0 Å². The van der Waals surface area contributed by atoms with Gasteiger partial charge in [-0.15, -0.1) is 0 Å². The second kappa shape index (κ2) is 9.62. The molecule has 0 saturated heterocycles. The predicted octanol–water partition coefficient (Wildman–Crippen LogP) is 6.32. The third-order valence-electron chi connectivity index (χ3n) is 5.33. The first kappa shape index (κ1) is 24.2. The summed E-state index contributed by atoms with van der Waals surface area (Å²) in [6.07, 6.45) is 3.72. The van der Waals surface area contributed by atoms with Crippen molar-refractivity contribution in [1.82, 2.24) is 0 Å². The summed E-state index contributed by atoms with van der Waals surface area (Å²) in [5.74, 6) is -0.251. The predicted molar refractivity (Wildman–Crippen MR) is 137 cm³/mol. The van der Waals surface area contributed by atoms with Gasteiger partial charge in [0, 0.05) is 17.8 Å². The highest BCUT2D eigenvalue weighted by Gasteiger charge is 2.21. The van der Waals surface area contributed by atoms with Gasteiger partial charge in [0.15, 0.2) is 17.4 Å². The van der Waals surface area contributed by atoms with Gasteiger partial charge in [-0.05, 0) is 71.5 Å². The highest BCUT2D eigenvalue weighted by molar-refractivity contribution is 7.81. The summed E-state index contributed by atoms with van der Waals surface area (Å²) < 4.78 is 1.75. The molecule has 0 amide bonds. The molecule has 3 aromatic rings. The number of benzene rings is 2. The Morgan fingerprint density at radius 1 is 0.906 bits per heavy atom. The van der Waals surface area contributed by atoms with E-state index in [4.69, 9.17) is 35.4 Å². The lowest BCUT2D eigenvalue weighted by molar-refractivity contribution is -0.577. The molecule has 0 aliphatic heterocycles. The number of nitrogens with zero attached hydrogens (tertiary/aromatic N) is 1. The maximum atomic E-state index is 13.6. The molecule has 3 rings (SSSR count). The number of rotatable bonds is 4. The van der Waals surface area contributed by atoms with E-state index in [2.05, 4.69) is 33.0 Å².